The van der Waals surface area contributed by atoms with Gasteiger partial charge in [0.15, 0.2) is 0 Å². The molecular formula is C20H24N2O3S. The Morgan fingerprint density at radius 2 is 1.54 bits per heavy atom. The van der Waals surface area contributed by atoms with Gasteiger partial charge >= 0.3 is 0 Å². The molecule has 0 atom stereocenters. The average molecular weight is 372 g/mol. The highest BCUT2D eigenvalue weighted by atomic mass is 32.2. The number of hydrogen-bond acceptors (Lipinski definition) is 4. The lowest BCUT2D eigenvalue weighted by Gasteiger charge is -2.32. The van der Waals surface area contributed by atoms with Crippen molar-refractivity contribution in [3.8, 4) is 0 Å². The van der Waals surface area contributed by atoms with Crippen LogP contribution in [0.4, 0.5) is 0 Å². The highest BCUT2D eigenvalue weighted by Gasteiger charge is 2.28. The van der Waals surface area contributed by atoms with Crippen molar-refractivity contribution >= 4 is 21.5 Å². The normalized spacial score (nSPS) is 20.6. The zero-order chi connectivity index (χ0) is 18.9. The average Bonchev–Trinajstić information content (AvgIpc) is 2.63. The molecule has 0 amide bonds. The van der Waals surface area contributed by atoms with Crippen molar-refractivity contribution in [1.82, 2.24) is 4.90 Å². The van der Waals surface area contributed by atoms with Crippen molar-refractivity contribution in [3.63, 3.8) is 0 Å². The summed E-state index contributed by atoms with van der Waals surface area (Å²) in [6, 6.07) is 6.62. The molecule has 5 nitrogen and oxygen atoms in total. The van der Waals surface area contributed by atoms with E-state index in [0.717, 1.165) is 37.9 Å². The third kappa shape index (κ3) is 3.65. The summed E-state index contributed by atoms with van der Waals surface area (Å²) in [6.45, 7) is 7.03. The zero-order valence-electron chi connectivity index (χ0n) is 15.4. The molecule has 0 bridgehead atoms. The van der Waals surface area contributed by atoms with E-state index in [1.54, 1.807) is 44.2 Å². The standard InChI is InChI=1S/C20H24N2O3S/c1-14-7-9-17(10-8-14)26(24,25)21-18-13-19(20(23)16(3)15(18)2)22-11-5-4-6-12-22/h7-10,13H,4-6,11-12H2,1-3H3. The number of carbonyl (C=O) groups is 1. The van der Waals surface area contributed by atoms with Gasteiger partial charge in [-0.2, -0.15) is 12.8 Å². The van der Waals surface area contributed by atoms with Gasteiger partial charge in [-0.05, 0) is 63.8 Å². The summed E-state index contributed by atoms with van der Waals surface area (Å²) in [6.07, 6.45) is 4.89. The summed E-state index contributed by atoms with van der Waals surface area (Å²) in [4.78, 5) is 14.9. The Bertz CT molecular complexity index is 916. The SMILES string of the molecule is CC1=C(C)C(=NS(=O)(=O)c2ccc(C)cc2)C=C(N2CCCCC2)C1=O. The van der Waals surface area contributed by atoms with Gasteiger partial charge in [0.2, 0.25) is 5.78 Å². The molecule has 1 aromatic carbocycles. The molecular weight excluding hydrogens is 348 g/mol. The number of Topliss-reactive ketones (excluding diaryl/α,β-unsaturated/α-hetero) is 1. The summed E-state index contributed by atoms with van der Waals surface area (Å²) < 4.78 is 29.4. The maximum atomic E-state index is 12.7. The fourth-order valence-corrected chi connectivity index (χ4v) is 4.25. The van der Waals surface area contributed by atoms with Gasteiger partial charge in [-0.1, -0.05) is 17.7 Å². The van der Waals surface area contributed by atoms with Crippen LogP contribution in [0.15, 0.2) is 56.5 Å². The molecule has 1 saturated heterocycles. The summed E-state index contributed by atoms with van der Waals surface area (Å²) in [5.41, 5.74) is 3.07. The maximum absolute atomic E-state index is 12.7. The highest BCUT2D eigenvalue weighted by Crippen LogP contribution is 2.26. The van der Waals surface area contributed by atoms with E-state index in [9.17, 15) is 13.2 Å². The molecule has 1 aliphatic carbocycles. The van der Waals surface area contributed by atoms with Gasteiger partial charge in [-0.15, -0.1) is 0 Å². The smallest absolute Gasteiger partial charge is 0.282 e. The molecule has 0 saturated carbocycles. The van der Waals surface area contributed by atoms with Crippen molar-refractivity contribution in [2.45, 2.75) is 44.9 Å². The van der Waals surface area contributed by atoms with Crippen molar-refractivity contribution in [3.05, 3.63) is 52.7 Å². The number of benzene rings is 1. The van der Waals surface area contributed by atoms with Crippen LogP contribution in [-0.4, -0.2) is 37.9 Å². The Hall–Kier alpha value is -2.21. The predicted octanol–water partition coefficient (Wildman–Crippen LogP) is 3.41. The van der Waals surface area contributed by atoms with Crippen LogP contribution in [0.25, 0.3) is 0 Å². The van der Waals surface area contributed by atoms with E-state index in [0.29, 0.717) is 22.6 Å². The van der Waals surface area contributed by atoms with Crippen LogP contribution in [0.3, 0.4) is 0 Å². The maximum Gasteiger partial charge on any atom is 0.282 e. The van der Waals surface area contributed by atoms with E-state index in [1.807, 2.05) is 6.92 Å². The van der Waals surface area contributed by atoms with Crippen LogP contribution in [0.1, 0.15) is 38.7 Å². The predicted molar refractivity (Wildman–Crippen MR) is 103 cm³/mol. The van der Waals surface area contributed by atoms with Crippen LogP contribution in [0, 0.1) is 6.92 Å². The molecule has 1 aliphatic heterocycles. The van der Waals surface area contributed by atoms with Crippen LogP contribution in [-0.2, 0) is 14.8 Å². The Morgan fingerprint density at radius 1 is 0.923 bits per heavy atom. The number of nitrogens with zero attached hydrogens (tertiary/aromatic N) is 2. The van der Waals surface area contributed by atoms with E-state index in [-0.39, 0.29) is 10.7 Å². The third-order valence-electron chi connectivity index (χ3n) is 5.03. The lowest BCUT2D eigenvalue weighted by Crippen LogP contribution is -2.35. The minimum absolute atomic E-state index is 0.0314. The molecule has 26 heavy (non-hydrogen) atoms. The number of ketones is 1. The van der Waals surface area contributed by atoms with E-state index >= 15 is 0 Å². The Labute approximate surface area is 155 Å². The lowest BCUT2D eigenvalue weighted by molar-refractivity contribution is -0.113. The Kier molecular flexibility index (Phi) is 5.14. The number of hydrogen-bond donors (Lipinski definition) is 0. The molecule has 1 heterocycles. The molecule has 0 N–H and O–H groups in total. The van der Waals surface area contributed by atoms with Crippen molar-refractivity contribution in [1.29, 1.82) is 0 Å². The number of carbonyl (C=O) groups excluding carboxylic acids is 1. The number of allylic oxidation sites excluding steroid dienone is 3. The van der Waals surface area contributed by atoms with Crippen molar-refractivity contribution in [2.75, 3.05) is 13.1 Å². The number of aryl methyl sites for hydroxylation is 1. The number of sulfonamides is 1. The molecule has 0 radical (unpaired) electrons. The monoisotopic (exact) mass is 372 g/mol. The zero-order valence-corrected chi connectivity index (χ0v) is 16.3. The van der Waals surface area contributed by atoms with Gasteiger partial charge in [0, 0.05) is 18.7 Å². The molecule has 2 aliphatic rings. The molecule has 138 valence electrons. The Balaban J connectivity index is 2.03. The highest BCUT2D eigenvalue weighted by molar-refractivity contribution is 7.90. The van der Waals surface area contributed by atoms with Gasteiger partial charge in [0.1, 0.15) is 0 Å². The minimum Gasteiger partial charge on any atom is -0.368 e. The topological polar surface area (TPSA) is 66.8 Å². The fraction of sp³-hybridized carbons (Fsp3) is 0.400. The lowest BCUT2D eigenvalue weighted by atomic mass is 9.93. The quantitative estimate of drug-likeness (QED) is 0.763. The second-order valence-corrected chi connectivity index (χ2v) is 8.53. The summed E-state index contributed by atoms with van der Waals surface area (Å²) in [5, 5.41) is 0. The largest absolute Gasteiger partial charge is 0.368 e. The van der Waals surface area contributed by atoms with Crippen molar-refractivity contribution < 1.29 is 13.2 Å². The van der Waals surface area contributed by atoms with Gasteiger partial charge in [0.05, 0.1) is 16.3 Å². The second kappa shape index (κ2) is 7.19. The first kappa shape index (κ1) is 18.6. The molecule has 3 rings (SSSR count). The summed E-state index contributed by atoms with van der Waals surface area (Å²) >= 11 is 0. The summed E-state index contributed by atoms with van der Waals surface area (Å²) in [7, 11) is -3.83. The van der Waals surface area contributed by atoms with E-state index in [2.05, 4.69) is 9.30 Å². The van der Waals surface area contributed by atoms with Gasteiger partial charge in [-0.3, -0.25) is 4.79 Å². The first-order chi connectivity index (χ1) is 12.3. The second-order valence-electron chi connectivity index (χ2n) is 6.92. The number of piperidine rings is 1. The van der Waals surface area contributed by atoms with Crippen molar-refractivity contribution in [2.24, 2.45) is 4.40 Å². The molecule has 0 spiro atoms. The fourth-order valence-electron chi connectivity index (χ4n) is 3.21. The van der Waals surface area contributed by atoms with Gasteiger partial charge < -0.3 is 4.90 Å². The first-order valence-electron chi connectivity index (χ1n) is 8.90. The first-order valence-corrected chi connectivity index (χ1v) is 10.3. The molecule has 1 aromatic rings. The van der Waals surface area contributed by atoms with Crippen LogP contribution in [0.5, 0.6) is 0 Å². The number of likely N-dealkylation sites (tertiary alicyclic amines) is 1. The minimum atomic E-state index is -3.83. The summed E-state index contributed by atoms with van der Waals surface area (Å²) in [5.74, 6) is -0.0314. The van der Waals surface area contributed by atoms with Crippen LogP contribution >= 0.6 is 0 Å². The van der Waals surface area contributed by atoms with E-state index in [4.69, 9.17) is 0 Å². The van der Waals surface area contributed by atoms with Gasteiger partial charge in [-0.25, -0.2) is 0 Å². The van der Waals surface area contributed by atoms with Crippen LogP contribution < -0.4 is 0 Å². The molecule has 0 aromatic heterocycles. The van der Waals surface area contributed by atoms with Crippen LogP contribution in [0.2, 0.25) is 0 Å². The molecule has 0 unspecified atom stereocenters. The molecule has 1 fully saturated rings. The molecule has 6 heteroatoms. The van der Waals surface area contributed by atoms with Gasteiger partial charge in [0.25, 0.3) is 10.0 Å². The van der Waals surface area contributed by atoms with E-state index < -0.39 is 10.0 Å². The Morgan fingerprint density at radius 3 is 2.15 bits per heavy atom. The number of rotatable bonds is 3. The third-order valence-corrected chi connectivity index (χ3v) is 6.33. The van der Waals surface area contributed by atoms with E-state index in [1.165, 1.54) is 0 Å².